The van der Waals surface area contributed by atoms with E-state index in [0.29, 0.717) is 5.92 Å². The standard InChI is InChI=1S/C14H21F/c1-5-6-7-10(2)13-11(3)8-9-12(4)14(13)15/h8-10H,5-7H2,1-4H3. The minimum absolute atomic E-state index is 0.00129. The van der Waals surface area contributed by atoms with Crippen LogP contribution in [0.3, 0.4) is 0 Å². The average molecular weight is 208 g/mol. The lowest BCUT2D eigenvalue weighted by atomic mass is 9.90. The molecule has 84 valence electrons. The van der Waals surface area contributed by atoms with Gasteiger partial charge in [0.05, 0.1) is 0 Å². The van der Waals surface area contributed by atoms with E-state index in [2.05, 4.69) is 13.8 Å². The molecule has 0 fully saturated rings. The molecule has 1 aromatic carbocycles. The highest BCUT2D eigenvalue weighted by Crippen LogP contribution is 2.28. The Morgan fingerprint density at radius 2 is 1.80 bits per heavy atom. The van der Waals surface area contributed by atoms with Crippen LogP contribution in [0.5, 0.6) is 0 Å². The fourth-order valence-corrected chi connectivity index (χ4v) is 2.06. The van der Waals surface area contributed by atoms with Crippen LogP contribution >= 0.6 is 0 Å². The van der Waals surface area contributed by atoms with Gasteiger partial charge in [0.2, 0.25) is 0 Å². The third-order valence-electron chi connectivity index (χ3n) is 3.07. The van der Waals surface area contributed by atoms with Crippen molar-refractivity contribution in [2.45, 2.75) is 52.9 Å². The summed E-state index contributed by atoms with van der Waals surface area (Å²) in [5, 5.41) is 0. The van der Waals surface area contributed by atoms with Gasteiger partial charge in [0, 0.05) is 0 Å². The minimum atomic E-state index is -0.00129. The quantitative estimate of drug-likeness (QED) is 0.670. The third kappa shape index (κ3) is 2.80. The van der Waals surface area contributed by atoms with Crippen molar-refractivity contribution in [1.29, 1.82) is 0 Å². The molecule has 0 spiro atoms. The zero-order valence-corrected chi connectivity index (χ0v) is 10.2. The fraction of sp³-hybridized carbons (Fsp3) is 0.571. The molecule has 1 aromatic rings. The molecule has 0 saturated carbocycles. The molecule has 0 saturated heterocycles. The normalized spacial score (nSPS) is 12.9. The van der Waals surface area contributed by atoms with Gasteiger partial charge in [-0.05, 0) is 42.9 Å². The molecular formula is C14H21F. The maximum atomic E-state index is 13.9. The van der Waals surface area contributed by atoms with Gasteiger partial charge in [-0.15, -0.1) is 0 Å². The molecule has 0 bridgehead atoms. The van der Waals surface area contributed by atoms with E-state index in [-0.39, 0.29) is 5.82 Å². The minimum Gasteiger partial charge on any atom is -0.206 e. The second-order valence-electron chi connectivity index (χ2n) is 4.47. The van der Waals surface area contributed by atoms with Crippen LogP contribution in [0.1, 0.15) is 55.7 Å². The molecule has 0 aliphatic rings. The Morgan fingerprint density at radius 1 is 1.20 bits per heavy atom. The van der Waals surface area contributed by atoms with Gasteiger partial charge in [0.1, 0.15) is 5.82 Å². The maximum absolute atomic E-state index is 13.9. The summed E-state index contributed by atoms with van der Waals surface area (Å²) in [6.07, 6.45) is 3.43. The van der Waals surface area contributed by atoms with E-state index in [0.717, 1.165) is 23.1 Å². The summed E-state index contributed by atoms with van der Waals surface area (Å²) in [4.78, 5) is 0. The molecule has 0 aliphatic heterocycles. The molecule has 0 nitrogen and oxygen atoms in total. The lowest BCUT2D eigenvalue weighted by Gasteiger charge is -2.16. The largest absolute Gasteiger partial charge is 0.206 e. The molecule has 0 amide bonds. The van der Waals surface area contributed by atoms with Gasteiger partial charge in [-0.2, -0.15) is 0 Å². The molecule has 0 aromatic heterocycles. The summed E-state index contributed by atoms with van der Waals surface area (Å²) < 4.78 is 13.9. The van der Waals surface area contributed by atoms with Crippen LogP contribution in [0.25, 0.3) is 0 Å². The summed E-state index contributed by atoms with van der Waals surface area (Å²) in [7, 11) is 0. The molecule has 15 heavy (non-hydrogen) atoms. The summed E-state index contributed by atoms with van der Waals surface area (Å²) in [6.45, 7) is 8.14. The highest BCUT2D eigenvalue weighted by atomic mass is 19.1. The Bertz CT molecular complexity index is 328. The fourth-order valence-electron chi connectivity index (χ4n) is 2.06. The first-order chi connectivity index (χ1) is 7.07. The first kappa shape index (κ1) is 12.2. The van der Waals surface area contributed by atoms with Crippen molar-refractivity contribution in [3.05, 3.63) is 34.6 Å². The molecule has 0 N–H and O–H groups in total. The van der Waals surface area contributed by atoms with E-state index in [1.54, 1.807) is 0 Å². The first-order valence-corrected chi connectivity index (χ1v) is 5.83. The van der Waals surface area contributed by atoms with Gasteiger partial charge < -0.3 is 0 Å². The van der Waals surface area contributed by atoms with Crippen molar-refractivity contribution in [3.63, 3.8) is 0 Å². The van der Waals surface area contributed by atoms with Crippen LogP contribution < -0.4 is 0 Å². The van der Waals surface area contributed by atoms with Crippen molar-refractivity contribution in [2.75, 3.05) is 0 Å². The van der Waals surface area contributed by atoms with E-state index in [4.69, 9.17) is 0 Å². The average Bonchev–Trinajstić information content (AvgIpc) is 2.21. The van der Waals surface area contributed by atoms with Crippen molar-refractivity contribution in [3.8, 4) is 0 Å². The summed E-state index contributed by atoms with van der Waals surface area (Å²) in [6, 6.07) is 3.89. The molecular weight excluding hydrogens is 187 g/mol. The number of hydrogen-bond donors (Lipinski definition) is 0. The SMILES string of the molecule is CCCCC(C)c1c(C)ccc(C)c1F. The molecule has 1 rings (SSSR count). The topological polar surface area (TPSA) is 0 Å². The molecule has 0 heterocycles. The van der Waals surface area contributed by atoms with Crippen LogP contribution in [0.2, 0.25) is 0 Å². The number of halogens is 1. The Kier molecular flexibility index (Phi) is 4.31. The summed E-state index contributed by atoms with van der Waals surface area (Å²) >= 11 is 0. The van der Waals surface area contributed by atoms with Gasteiger partial charge in [-0.1, -0.05) is 38.8 Å². The third-order valence-corrected chi connectivity index (χ3v) is 3.07. The summed E-state index contributed by atoms with van der Waals surface area (Å²) in [5.74, 6) is 0.337. The number of rotatable bonds is 4. The summed E-state index contributed by atoms with van der Waals surface area (Å²) in [5.41, 5.74) is 2.77. The number of unbranched alkanes of at least 4 members (excludes halogenated alkanes) is 1. The van der Waals surface area contributed by atoms with E-state index >= 15 is 0 Å². The monoisotopic (exact) mass is 208 g/mol. The van der Waals surface area contributed by atoms with Gasteiger partial charge in [-0.3, -0.25) is 0 Å². The molecule has 1 atom stereocenters. The van der Waals surface area contributed by atoms with Crippen molar-refractivity contribution < 1.29 is 4.39 Å². The predicted octanol–water partition coefficient (Wildman–Crippen LogP) is 4.74. The van der Waals surface area contributed by atoms with E-state index in [1.165, 1.54) is 12.8 Å². The lowest BCUT2D eigenvalue weighted by Crippen LogP contribution is -2.02. The molecule has 1 heteroatoms. The first-order valence-electron chi connectivity index (χ1n) is 5.83. The molecule has 0 radical (unpaired) electrons. The Labute approximate surface area is 92.5 Å². The van der Waals surface area contributed by atoms with Gasteiger partial charge in [-0.25, -0.2) is 4.39 Å². The molecule has 1 unspecified atom stereocenters. The zero-order chi connectivity index (χ0) is 11.4. The van der Waals surface area contributed by atoms with Crippen molar-refractivity contribution in [1.82, 2.24) is 0 Å². The van der Waals surface area contributed by atoms with Crippen LogP contribution in [0, 0.1) is 19.7 Å². The smallest absolute Gasteiger partial charge is 0.129 e. The van der Waals surface area contributed by atoms with E-state index in [1.807, 2.05) is 26.0 Å². The van der Waals surface area contributed by atoms with Crippen molar-refractivity contribution in [2.24, 2.45) is 0 Å². The Hall–Kier alpha value is -0.850. The number of aryl methyl sites for hydroxylation is 2. The van der Waals surface area contributed by atoms with E-state index < -0.39 is 0 Å². The number of hydrogen-bond acceptors (Lipinski definition) is 0. The maximum Gasteiger partial charge on any atom is 0.129 e. The van der Waals surface area contributed by atoms with Crippen LogP contribution in [0.4, 0.5) is 4.39 Å². The highest BCUT2D eigenvalue weighted by Gasteiger charge is 2.14. The number of benzene rings is 1. The zero-order valence-electron chi connectivity index (χ0n) is 10.2. The Balaban J connectivity index is 2.96. The van der Waals surface area contributed by atoms with Gasteiger partial charge in [0.15, 0.2) is 0 Å². The Morgan fingerprint density at radius 3 is 2.40 bits per heavy atom. The second kappa shape index (κ2) is 5.29. The van der Waals surface area contributed by atoms with Gasteiger partial charge in [0.25, 0.3) is 0 Å². The van der Waals surface area contributed by atoms with Crippen LogP contribution in [-0.2, 0) is 0 Å². The highest BCUT2D eigenvalue weighted by molar-refractivity contribution is 5.34. The second-order valence-corrected chi connectivity index (χ2v) is 4.47. The van der Waals surface area contributed by atoms with Crippen molar-refractivity contribution >= 4 is 0 Å². The predicted molar refractivity (Wildman–Crippen MR) is 63.8 cm³/mol. The van der Waals surface area contributed by atoms with Crippen LogP contribution in [-0.4, -0.2) is 0 Å². The van der Waals surface area contributed by atoms with E-state index in [9.17, 15) is 4.39 Å². The molecule has 0 aliphatic carbocycles. The van der Waals surface area contributed by atoms with Crippen LogP contribution in [0.15, 0.2) is 12.1 Å². The lowest BCUT2D eigenvalue weighted by molar-refractivity contribution is 0.551. The van der Waals surface area contributed by atoms with Gasteiger partial charge >= 0.3 is 0 Å².